The summed E-state index contributed by atoms with van der Waals surface area (Å²) < 4.78 is 69.9. The molecule has 0 fully saturated rings. The minimum atomic E-state index is -4.68. The average molecular weight is 725 g/mol. The van der Waals surface area contributed by atoms with Gasteiger partial charge in [0, 0.05) is 21.5 Å². The van der Waals surface area contributed by atoms with Gasteiger partial charge < -0.3 is 20.6 Å². The standard InChI is InChI=1S/C34H28N6O6S2.2Na/c1-19-17-21(9-13-27(19)37-39-29-15-11-23-25(33(29)35)5-3-7-31(23)47(41,42)43)22-10-14-28(20(2)18-22)38-40-30-16-12-24-26(34(30)36)6-4-8-32(24)48(44,45)46;;/h3-18H,35-36H2,1-2H3,(H,41,42,43)(H,44,45,46);;/q;2*+1/p-2. The predicted molar refractivity (Wildman–Crippen MR) is 182 cm³/mol. The van der Waals surface area contributed by atoms with E-state index >= 15 is 0 Å². The number of fused-ring (bicyclic) bond motifs is 2. The van der Waals surface area contributed by atoms with Gasteiger partial charge >= 0.3 is 59.1 Å². The summed E-state index contributed by atoms with van der Waals surface area (Å²) in [7, 11) is -9.36. The van der Waals surface area contributed by atoms with Gasteiger partial charge in [0.1, 0.15) is 31.6 Å². The number of azo groups is 2. The van der Waals surface area contributed by atoms with Crippen LogP contribution < -0.4 is 70.6 Å². The number of hydrogen-bond donors (Lipinski definition) is 2. The third kappa shape index (κ3) is 8.00. The molecule has 0 spiro atoms. The number of nitrogens with two attached hydrogens (primary N) is 2. The van der Waals surface area contributed by atoms with Gasteiger partial charge in [-0.25, -0.2) is 16.8 Å². The van der Waals surface area contributed by atoms with Crippen molar-refractivity contribution in [2.45, 2.75) is 23.6 Å². The maximum atomic E-state index is 11.6. The minimum absolute atomic E-state index is 0. The third-order valence-electron chi connectivity index (χ3n) is 7.88. The summed E-state index contributed by atoms with van der Waals surface area (Å²) in [6, 6.07) is 26.0. The van der Waals surface area contributed by atoms with Gasteiger partial charge in [-0.05, 0) is 84.6 Å². The Bertz CT molecular complexity index is 2400. The van der Waals surface area contributed by atoms with Crippen molar-refractivity contribution in [2.24, 2.45) is 20.5 Å². The van der Waals surface area contributed by atoms with Crippen LogP contribution in [0.2, 0.25) is 0 Å². The summed E-state index contributed by atoms with van der Waals surface area (Å²) in [4.78, 5) is -0.695. The molecule has 242 valence electrons. The molecular weight excluding hydrogens is 699 g/mol. The maximum Gasteiger partial charge on any atom is 1.00 e. The van der Waals surface area contributed by atoms with Crippen LogP contribution in [0, 0.1) is 13.8 Å². The Morgan fingerprint density at radius 1 is 0.480 bits per heavy atom. The summed E-state index contributed by atoms with van der Waals surface area (Å²) in [5.41, 5.74) is 18.3. The molecule has 0 saturated heterocycles. The number of rotatable bonds is 7. The Labute approximate surface area is 332 Å². The monoisotopic (exact) mass is 724 g/mol. The van der Waals surface area contributed by atoms with Crippen molar-refractivity contribution >= 4 is 75.9 Å². The zero-order valence-corrected chi connectivity index (χ0v) is 33.1. The topological polar surface area (TPSA) is 216 Å². The number of nitrogen functional groups attached to an aromatic ring is 2. The Hall–Kier alpha value is -3.54. The molecule has 0 aliphatic carbocycles. The number of anilines is 2. The van der Waals surface area contributed by atoms with Crippen molar-refractivity contribution in [3.8, 4) is 11.1 Å². The van der Waals surface area contributed by atoms with Crippen LogP contribution in [-0.2, 0) is 20.2 Å². The smallest absolute Gasteiger partial charge is 0.744 e. The third-order valence-corrected chi connectivity index (χ3v) is 9.67. The number of hydrogen-bond acceptors (Lipinski definition) is 12. The van der Waals surface area contributed by atoms with Crippen molar-refractivity contribution in [1.82, 2.24) is 0 Å². The Kier molecular flexibility index (Phi) is 12.1. The first-order valence-corrected chi connectivity index (χ1v) is 17.1. The van der Waals surface area contributed by atoms with Crippen LogP contribution in [0.1, 0.15) is 11.1 Å². The fourth-order valence-corrected chi connectivity index (χ4v) is 6.79. The zero-order valence-electron chi connectivity index (χ0n) is 27.4. The number of nitrogens with zero attached hydrogens (tertiary/aromatic N) is 4. The Morgan fingerprint density at radius 3 is 1.16 bits per heavy atom. The molecule has 0 saturated carbocycles. The predicted octanol–water partition coefficient (Wildman–Crippen LogP) is 2.09. The molecule has 6 aromatic carbocycles. The molecule has 0 radical (unpaired) electrons. The zero-order chi connectivity index (χ0) is 34.4. The first-order chi connectivity index (χ1) is 22.7. The molecule has 0 atom stereocenters. The number of benzene rings is 6. The first-order valence-electron chi connectivity index (χ1n) is 14.3. The van der Waals surface area contributed by atoms with Crippen LogP contribution >= 0.6 is 0 Å². The van der Waals surface area contributed by atoms with Crippen LogP contribution in [0.4, 0.5) is 34.1 Å². The molecule has 12 nitrogen and oxygen atoms in total. The van der Waals surface area contributed by atoms with Gasteiger partial charge in [-0.15, -0.1) is 10.2 Å². The molecule has 0 bridgehead atoms. The molecule has 0 aromatic heterocycles. The van der Waals surface area contributed by atoms with Crippen molar-refractivity contribution in [2.75, 3.05) is 11.5 Å². The van der Waals surface area contributed by atoms with E-state index in [0.717, 1.165) is 22.3 Å². The molecule has 0 heterocycles. The average Bonchev–Trinajstić information content (AvgIpc) is 3.04. The van der Waals surface area contributed by atoms with Crippen molar-refractivity contribution in [1.29, 1.82) is 0 Å². The van der Waals surface area contributed by atoms with E-state index in [1.54, 1.807) is 12.1 Å². The van der Waals surface area contributed by atoms with Crippen LogP contribution in [0.5, 0.6) is 0 Å². The van der Waals surface area contributed by atoms with E-state index in [1.807, 2.05) is 50.2 Å². The Balaban J connectivity index is 0.00000281. The van der Waals surface area contributed by atoms with Crippen LogP contribution in [0.3, 0.4) is 0 Å². The SMILES string of the molecule is Cc1cc(-c2ccc(N=Nc3ccc4c(S(=O)(=O)[O-])cccc4c3N)c(C)c2)ccc1N=Nc1ccc2c(S(=O)(=O)[O-])cccc2c1N.[Na+].[Na+]. The summed E-state index contributed by atoms with van der Waals surface area (Å²) in [6.07, 6.45) is 0. The van der Waals surface area contributed by atoms with E-state index in [9.17, 15) is 25.9 Å². The van der Waals surface area contributed by atoms with Crippen molar-refractivity contribution < 1.29 is 85.1 Å². The molecule has 6 aromatic rings. The summed E-state index contributed by atoms with van der Waals surface area (Å²) in [5, 5.41) is 18.5. The van der Waals surface area contributed by atoms with E-state index in [-0.39, 0.29) is 91.1 Å². The first kappa shape index (κ1) is 39.2. The van der Waals surface area contributed by atoms with E-state index in [4.69, 9.17) is 11.5 Å². The van der Waals surface area contributed by atoms with E-state index in [0.29, 0.717) is 33.5 Å². The Morgan fingerprint density at radius 2 is 0.820 bits per heavy atom. The molecule has 4 N–H and O–H groups in total. The molecule has 6 rings (SSSR count). The molecule has 0 aliphatic heterocycles. The number of aryl methyl sites for hydroxylation is 2. The molecule has 0 aliphatic rings. The quantitative estimate of drug-likeness (QED) is 0.107. The summed E-state index contributed by atoms with van der Waals surface area (Å²) >= 11 is 0. The molecular formula is C34H26N6Na2O6S2. The molecule has 0 amide bonds. The minimum Gasteiger partial charge on any atom is -0.744 e. The summed E-state index contributed by atoms with van der Waals surface area (Å²) in [5.74, 6) is 0. The van der Waals surface area contributed by atoms with Crippen LogP contribution in [0.15, 0.2) is 127 Å². The van der Waals surface area contributed by atoms with Gasteiger partial charge in [0.2, 0.25) is 0 Å². The van der Waals surface area contributed by atoms with Crippen LogP contribution in [-0.4, -0.2) is 25.9 Å². The van der Waals surface area contributed by atoms with Gasteiger partial charge in [0.05, 0.1) is 32.5 Å². The second-order valence-corrected chi connectivity index (χ2v) is 13.7. The largest absolute Gasteiger partial charge is 1.00 e. The second-order valence-electron chi connectivity index (χ2n) is 11.0. The van der Waals surface area contributed by atoms with E-state index < -0.39 is 20.2 Å². The second kappa shape index (κ2) is 15.4. The molecule has 50 heavy (non-hydrogen) atoms. The maximum absolute atomic E-state index is 11.6. The summed E-state index contributed by atoms with van der Waals surface area (Å²) in [6.45, 7) is 3.79. The van der Waals surface area contributed by atoms with E-state index in [2.05, 4.69) is 20.5 Å². The fraction of sp³-hybridized carbons (Fsp3) is 0.0588. The molecule has 16 heteroatoms. The van der Waals surface area contributed by atoms with Gasteiger partial charge in [-0.1, -0.05) is 48.5 Å². The van der Waals surface area contributed by atoms with Crippen LogP contribution in [0.25, 0.3) is 32.7 Å². The van der Waals surface area contributed by atoms with Gasteiger partial charge in [0.15, 0.2) is 0 Å². The van der Waals surface area contributed by atoms with Crippen molar-refractivity contribution in [3.63, 3.8) is 0 Å². The van der Waals surface area contributed by atoms with Gasteiger partial charge in [0.25, 0.3) is 0 Å². The van der Waals surface area contributed by atoms with Gasteiger partial charge in [-0.2, -0.15) is 10.2 Å². The fourth-order valence-electron chi connectivity index (χ4n) is 5.40. The normalized spacial score (nSPS) is 12.0. The molecule has 0 unspecified atom stereocenters. The van der Waals surface area contributed by atoms with Crippen molar-refractivity contribution in [3.05, 3.63) is 108 Å². The van der Waals surface area contributed by atoms with E-state index in [1.165, 1.54) is 48.5 Å². The van der Waals surface area contributed by atoms with Gasteiger partial charge in [-0.3, -0.25) is 0 Å².